The number of likely N-dealkylation sites (N-methyl/N-ethyl adjacent to an activating group) is 1. The minimum atomic E-state index is -0.568. The van der Waals surface area contributed by atoms with Crippen LogP contribution in [0.25, 0.3) is 0 Å². The summed E-state index contributed by atoms with van der Waals surface area (Å²) >= 11 is 0. The molecule has 0 fully saturated rings. The highest BCUT2D eigenvalue weighted by atomic mass is 16.7. The van der Waals surface area contributed by atoms with E-state index in [2.05, 4.69) is 77.3 Å². The smallest absolute Gasteiger partial charge is 0.368 e. The number of ether oxygens (including phenoxy) is 2. The van der Waals surface area contributed by atoms with Crippen LogP contribution in [-0.4, -0.2) is 36.9 Å². The fourth-order valence-electron chi connectivity index (χ4n) is 5.34. The number of hydrogen-bond acceptors (Lipinski definition) is 3. The van der Waals surface area contributed by atoms with Gasteiger partial charge in [-0.1, -0.05) is 115 Å². The molecule has 2 aromatic rings. The molecule has 0 aliphatic heterocycles. The Labute approximate surface area is 239 Å². The van der Waals surface area contributed by atoms with Crippen LogP contribution in [0.15, 0.2) is 54.6 Å². The third-order valence-corrected chi connectivity index (χ3v) is 7.62. The largest absolute Gasteiger partial charge is 0.455 e. The molecule has 218 valence electrons. The molecule has 0 amide bonds. The predicted molar refractivity (Wildman–Crippen MR) is 164 cm³/mol. The van der Waals surface area contributed by atoms with E-state index in [1.54, 1.807) is 0 Å². The fraction of sp³-hybridized carbons (Fsp3) is 0.629. The molecule has 0 N–H and O–H groups in total. The summed E-state index contributed by atoms with van der Waals surface area (Å²) in [5, 5.41) is 0. The van der Waals surface area contributed by atoms with Crippen molar-refractivity contribution in [3.63, 3.8) is 0 Å². The SMILES string of the molecule is CCCCCCCCCCCc1cccc(OC(CCC)OC(=O)C(CCC)[N+](C)(C)Cc2ccccc2)c1. The predicted octanol–water partition coefficient (Wildman–Crippen LogP) is 9.25. The molecule has 0 aromatic heterocycles. The Kier molecular flexibility index (Phi) is 15.9. The molecule has 0 aliphatic carbocycles. The van der Waals surface area contributed by atoms with Crippen LogP contribution >= 0.6 is 0 Å². The molecule has 2 rings (SSSR count). The molecule has 2 atom stereocenters. The molecule has 0 spiro atoms. The van der Waals surface area contributed by atoms with Gasteiger partial charge < -0.3 is 14.0 Å². The summed E-state index contributed by atoms with van der Waals surface area (Å²) in [7, 11) is 4.25. The van der Waals surface area contributed by atoms with E-state index in [0.717, 1.165) is 38.0 Å². The molecule has 0 saturated carbocycles. The van der Waals surface area contributed by atoms with Crippen molar-refractivity contribution >= 4 is 5.97 Å². The minimum Gasteiger partial charge on any atom is -0.455 e. The molecule has 2 aromatic carbocycles. The number of carbonyl (C=O) groups excluding carboxylic acids is 1. The molecule has 0 heterocycles. The van der Waals surface area contributed by atoms with Crippen molar-refractivity contribution in [2.45, 2.75) is 130 Å². The summed E-state index contributed by atoms with van der Waals surface area (Å²) in [5.74, 6) is 0.627. The molecule has 39 heavy (non-hydrogen) atoms. The highest BCUT2D eigenvalue weighted by Gasteiger charge is 2.37. The normalized spacial score (nSPS) is 13.2. The van der Waals surface area contributed by atoms with Crippen LogP contribution in [0.4, 0.5) is 0 Å². The fourth-order valence-corrected chi connectivity index (χ4v) is 5.34. The summed E-state index contributed by atoms with van der Waals surface area (Å²) in [4.78, 5) is 13.5. The maximum atomic E-state index is 13.5. The van der Waals surface area contributed by atoms with Crippen molar-refractivity contribution < 1.29 is 18.8 Å². The van der Waals surface area contributed by atoms with Gasteiger partial charge in [-0.2, -0.15) is 0 Å². The molecular weight excluding hydrogens is 482 g/mol. The van der Waals surface area contributed by atoms with E-state index in [1.165, 1.54) is 68.9 Å². The van der Waals surface area contributed by atoms with Crippen LogP contribution in [0.2, 0.25) is 0 Å². The van der Waals surface area contributed by atoms with Gasteiger partial charge in [-0.25, -0.2) is 4.79 Å². The lowest BCUT2D eigenvalue weighted by Crippen LogP contribution is -2.53. The molecule has 2 unspecified atom stereocenters. The second-order valence-electron chi connectivity index (χ2n) is 11.7. The van der Waals surface area contributed by atoms with Crippen molar-refractivity contribution in [2.75, 3.05) is 14.1 Å². The number of benzene rings is 2. The third-order valence-electron chi connectivity index (χ3n) is 7.62. The van der Waals surface area contributed by atoms with E-state index in [0.29, 0.717) is 10.9 Å². The lowest BCUT2D eigenvalue weighted by atomic mass is 10.0. The average Bonchev–Trinajstić information content (AvgIpc) is 2.91. The molecule has 4 heteroatoms. The Morgan fingerprint density at radius 3 is 1.97 bits per heavy atom. The van der Waals surface area contributed by atoms with Gasteiger partial charge >= 0.3 is 5.97 Å². The van der Waals surface area contributed by atoms with Crippen molar-refractivity contribution in [3.8, 4) is 5.75 Å². The molecular formula is C35H56NO3+. The molecule has 0 radical (unpaired) electrons. The average molecular weight is 539 g/mol. The summed E-state index contributed by atoms with van der Waals surface area (Å²) in [6, 6.07) is 18.5. The van der Waals surface area contributed by atoms with Gasteiger partial charge in [-0.3, -0.25) is 0 Å². The van der Waals surface area contributed by atoms with Gasteiger partial charge in [-0.15, -0.1) is 0 Å². The number of carbonyl (C=O) groups is 1. The zero-order chi connectivity index (χ0) is 28.3. The first-order valence-electron chi connectivity index (χ1n) is 15.7. The Bertz CT molecular complexity index is 911. The first kappa shape index (κ1) is 32.9. The Morgan fingerprint density at radius 1 is 0.718 bits per heavy atom. The molecule has 4 nitrogen and oxygen atoms in total. The van der Waals surface area contributed by atoms with E-state index in [9.17, 15) is 4.79 Å². The third kappa shape index (κ3) is 13.0. The number of hydrogen-bond donors (Lipinski definition) is 0. The first-order valence-corrected chi connectivity index (χ1v) is 15.7. The number of nitrogens with zero attached hydrogens (tertiary/aromatic N) is 1. The quantitative estimate of drug-likeness (QED) is 0.0687. The Hall–Kier alpha value is -2.33. The highest BCUT2D eigenvalue weighted by Crippen LogP contribution is 2.23. The molecule has 0 aliphatic rings. The summed E-state index contributed by atoms with van der Waals surface area (Å²) < 4.78 is 12.9. The van der Waals surface area contributed by atoms with E-state index in [-0.39, 0.29) is 12.0 Å². The van der Waals surface area contributed by atoms with Crippen LogP contribution in [0, 0.1) is 0 Å². The van der Waals surface area contributed by atoms with Crippen LogP contribution in [0.1, 0.15) is 115 Å². The van der Waals surface area contributed by atoms with Crippen LogP contribution in [0.5, 0.6) is 5.75 Å². The van der Waals surface area contributed by atoms with Crippen molar-refractivity contribution in [1.29, 1.82) is 0 Å². The number of quaternary nitrogens is 1. The lowest BCUT2D eigenvalue weighted by molar-refractivity contribution is -0.920. The zero-order valence-corrected chi connectivity index (χ0v) is 25.6. The second-order valence-corrected chi connectivity index (χ2v) is 11.7. The van der Waals surface area contributed by atoms with Gasteiger partial charge in [0.15, 0.2) is 6.04 Å². The number of esters is 1. The summed E-state index contributed by atoms with van der Waals surface area (Å²) in [5.41, 5.74) is 2.52. The van der Waals surface area contributed by atoms with Crippen LogP contribution in [0.3, 0.4) is 0 Å². The van der Waals surface area contributed by atoms with E-state index >= 15 is 0 Å². The second kappa shape index (κ2) is 18.9. The monoisotopic (exact) mass is 538 g/mol. The lowest BCUT2D eigenvalue weighted by Gasteiger charge is -2.37. The van der Waals surface area contributed by atoms with Gasteiger partial charge in [0.2, 0.25) is 6.29 Å². The Balaban J connectivity index is 1.91. The van der Waals surface area contributed by atoms with Gasteiger partial charge in [0.25, 0.3) is 0 Å². The van der Waals surface area contributed by atoms with Gasteiger partial charge in [0, 0.05) is 18.4 Å². The van der Waals surface area contributed by atoms with Gasteiger partial charge in [0.05, 0.1) is 14.1 Å². The van der Waals surface area contributed by atoms with Crippen molar-refractivity contribution in [1.82, 2.24) is 0 Å². The van der Waals surface area contributed by atoms with Gasteiger partial charge in [-0.05, 0) is 43.4 Å². The summed E-state index contributed by atoms with van der Waals surface area (Å²) in [6.45, 7) is 7.28. The van der Waals surface area contributed by atoms with E-state index in [1.807, 2.05) is 12.1 Å². The number of aryl methyl sites for hydroxylation is 1. The van der Waals surface area contributed by atoms with Gasteiger partial charge in [0.1, 0.15) is 12.3 Å². The first-order chi connectivity index (χ1) is 18.9. The van der Waals surface area contributed by atoms with Crippen molar-refractivity contribution in [3.05, 3.63) is 65.7 Å². The van der Waals surface area contributed by atoms with Crippen molar-refractivity contribution in [2.24, 2.45) is 0 Å². The highest BCUT2D eigenvalue weighted by molar-refractivity contribution is 5.74. The minimum absolute atomic E-state index is 0.165. The maximum Gasteiger partial charge on any atom is 0.368 e. The number of unbranched alkanes of at least 4 members (excludes halogenated alkanes) is 8. The van der Waals surface area contributed by atoms with E-state index in [4.69, 9.17) is 9.47 Å². The van der Waals surface area contributed by atoms with E-state index < -0.39 is 6.29 Å². The Morgan fingerprint density at radius 2 is 1.33 bits per heavy atom. The van der Waals surface area contributed by atoms with Crippen LogP contribution in [-0.2, 0) is 22.5 Å². The topological polar surface area (TPSA) is 35.5 Å². The molecule has 0 bridgehead atoms. The standard InChI is InChI=1S/C35H56NO3/c1-6-9-10-11-12-13-14-15-17-23-30-26-20-27-32(28-30)38-34(22-8-3)39-35(37)33(21-7-2)36(4,5)29-31-24-18-16-19-25-31/h16,18-20,24-28,33-34H,6-15,17,21-23,29H2,1-5H3/q+1. The number of rotatable bonds is 21. The zero-order valence-electron chi connectivity index (χ0n) is 25.6. The maximum absolute atomic E-state index is 13.5. The molecule has 0 saturated heterocycles. The van der Waals surface area contributed by atoms with Crippen LogP contribution < -0.4 is 4.74 Å². The summed E-state index contributed by atoms with van der Waals surface area (Å²) in [6.07, 6.45) is 15.8.